The van der Waals surface area contributed by atoms with Crippen LogP contribution < -0.4 is 5.32 Å². The summed E-state index contributed by atoms with van der Waals surface area (Å²) in [6.45, 7) is 3.70. The fourth-order valence-electron chi connectivity index (χ4n) is 1.38. The van der Waals surface area contributed by atoms with E-state index in [0.717, 1.165) is 5.56 Å². The quantitative estimate of drug-likeness (QED) is 0.693. The van der Waals surface area contributed by atoms with Crippen LogP contribution in [-0.2, 0) is 4.74 Å². The molecular formula is C12H18FNO2. The molecule has 1 aromatic rings. The Labute approximate surface area is 95.2 Å². The molecule has 1 atom stereocenters. The zero-order valence-corrected chi connectivity index (χ0v) is 9.45. The molecule has 1 rings (SSSR count). The summed E-state index contributed by atoms with van der Waals surface area (Å²) in [4.78, 5) is 0. The maximum atomic E-state index is 12.7. The Balaban J connectivity index is 2.24. The minimum atomic E-state index is -0.220. The monoisotopic (exact) mass is 227 g/mol. The summed E-state index contributed by atoms with van der Waals surface area (Å²) in [6.07, 6.45) is 0. The summed E-state index contributed by atoms with van der Waals surface area (Å²) >= 11 is 0. The van der Waals surface area contributed by atoms with Crippen molar-refractivity contribution in [3.63, 3.8) is 0 Å². The van der Waals surface area contributed by atoms with Crippen molar-refractivity contribution in [2.75, 3.05) is 26.4 Å². The van der Waals surface area contributed by atoms with Gasteiger partial charge in [-0.2, -0.15) is 0 Å². The van der Waals surface area contributed by atoms with E-state index in [1.54, 1.807) is 12.1 Å². The summed E-state index contributed by atoms with van der Waals surface area (Å²) < 4.78 is 17.8. The minimum Gasteiger partial charge on any atom is -0.394 e. The highest BCUT2D eigenvalue weighted by atomic mass is 19.1. The van der Waals surface area contributed by atoms with E-state index in [9.17, 15) is 4.39 Å². The molecule has 0 aliphatic heterocycles. The van der Waals surface area contributed by atoms with Crippen LogP contribution in [0.5, 0.6) is 0 Å². The SMILES string of the molecule is C[C@@H](NCCOCCO)c1ccc(F)cc1. The largest absolute Gasteiger partial charge is 0.394 e. The smallest absolute Gasteiger partial charge is 0.123 e. The van der Waals surface area contributed by atoms with Gasteiger partial charge in [-0.05, 0) is 24.6 Å². The molecule has 16 heavy (non-hydrogen) atoms. The number of aliphatic hydroxyl groups is 1. The van der Waals surface area contributed by atoms with Crippen molar-refractivity contribution in [1.29, 1.82) is 0 Å². The molecule has 0 fully saturated rings. The van der Waals surface area contributed by atoms with Crippen molar-refractivity contribution >= 4 is 0 Å². The molecule has 0 amide bonds. The third-order valence-corrected chi connectivity index (χ3v) is 2.30. The van der Waals surface area contributed by atoms with Crippen molar-refractivity contribution in [1.82, 2.24) is 5.32 Å². The summed E-state index contributed by atoms with van der Waals surface area (Å²) in [5.74, 6) is -0.220. The number of ether oxygens (including phenoxy) is 1. The van der Waals surface area contributed by atoms with Crippen molar-refractivity contribution in [2.45, 2.75) is 13.0 Å². The molecule has 1 aromatic carbocycles. The number of aliphatic hydroxyl groups excluding tert-OH is 1. The molecule has 2 N–H and O–H groups in total. The molecule has 0 heterocycles. The first-order valence-corrected chi connectivity index (χ1v) is 5.41. The van der Waals surface area contributed by atoms with Gasteiger partial charge in [0, 0.05) is 12.6 Å². The molecule has 0 radical (unpaired) electrons. The first kappa shape index (κ1) is 13.1. The topological polar surface area (TPSA) is 41.5 Å². The van der Waals surface area contributed by atoms with E-state index in [1.165, 1.54) is 12.1 Å². The Bertz CT molecular complexity index is 290. The molecular weight excluding hydrogens is 209 g/mol. The minimum absolute atomic E-state index is 0.0491. The average molecular weight is 227 g/mol. The van der Waals surface area contributed by atoms with Gasteiger partial charge in [-0.3, -0.25) is 0 Å². The Hall–Kier alpha value is -0.970. The van der Waals surface area contributed by atoms with Gasteiger partial charge in [-0.1, -0.05) is 12.1 Å². The van der Waals surface area contributed by atoms with Crippen LogP contribution in [0, 0.1) is 5.82 Å². The molecule has 0 aromatic heterocycles. The predicted molar refractivity (Wildman–Crippen MR) is 60.7 cm³/mol. The lowest BCUT2D eigenvalue weighted by molar-refractivity contribution is 0.0928. The number of hydrogen-bond acceptors (Lipinski definition) is 3. The first-order valence-electron chi connectivity index (χ1n) is 5.41. The molecule has 0 aliphatic carbocycles. The zero-order valence-electron chi connectivity index (χ0n) is 9.45. The van der Waals surface area contributed by atoms with Crippen molar-refractivity contribution in [3.05, 3.63) is 35.6 Å². The summed E-state index contributed by atoms with van der Waals surface area (Å²) in [5, 5.41) is 11.7. The van der Waals surface area contributed by atoms with Crippen LogP contribution in [0.15, 0.2) is 24.3 Å². The van der Waals surface area contributed by atoms with Crippen LogP contribution in [0.1, 0.15) is 18.5 Å². The summed E-state index contributed by atoms with van der Waals surface area (Å²) in [5.41, 5.74) is 1.04. The number of nitrogens with one attached hydrogen (secondary N) is 1. The predicted octanol–water partition coefficient (Wildman–Crippen LogP) is 1.49. The second-order valence-corrected chi connectivity index (χ2v) is 3.56. The van der Waals surface area contributed by atoms with Gasteiger partial charge >= 0.3 is 0 Å². The molecule has 90 valence electrons. The van der Waals surface area contributed by atoms with E-state index in [1.807, 2.05) is 6.92 Å². The fourth-order valence-corrected chi connectivity index (χ4v) is 1.38. The standard InChI is InChI=1S/C12H18FNO2/c1-10(14-6-8-16-9-7-15)11-2-4-12(13)5-3-11/h2-5,10,14-15H,6-9H2,1H3/t10-/m1/s1. The number of hydrogen-bond donors (Lipinski definition) is 2. The van der Waals surface area contributed by atoms with Crippen LogP contribution in [0.4, 0.5) is 4.39 Å². The Morgan fingerprint density at radius 1 is 1.31 bits per heavy atom. The molecule has 0 bridgehead atoms. The Morgan fingerprint density at radius 3 is 2.62 bits per heavy atom. The lowest BCUT2D eigenvalue weighted by Crippen LogP contribution is -2.23. The third kappa shape index (κ3) is 4.70. The van der Waals surface area contributed by atoms with E-state index < -0.39 is 0 Å². The van der Waals surface area contributed by atoms with Gasteiger partial charge in [0.2, 0.25) is 0 Å². The highest BCUT2D eigenvalue weighted by molar-refractivity contribution is 5.19. The maximum absolute atomic E-state index is 12.7. The Morgan fingerprint density at radius 2 is 2.00 bits per heavy atom. The van der Waals surface area contributed by atoms with E-state index in [-0.39, 0.29) is 18.5 Å². The molecule has 0 saturated carbocycles. The van der Waals surface area contributed by atoms with Crippen LogP contribution in [-0.4, -0.2) is 31.5 Å². The Kier molecular flexibility index (Phi) is 6.00. The normalized spacial score (nSPS) is 12.7. The molecule has 0 unspecified atom stereocenters. The molecule has 4 heteroatoms. The maximum Gasteiger partial charge on any atom is 0.123 e. The second-order valence-electron chi connectivity index (χ2n) is 3.56. The number of rotatable bonds is 7. The van der Waals surface area contributed by atoms with Crippen molar-refractivity contribution in [3.8, 4) is 0 Å². The highest BCUT2D eigenvalue weighted by Crippen LogP contribution is 2.12. The molecule has 0 aliphatic rings. The fraction of sp³-hybridized carbons (Fsp3) is 0.500. The first-order chi connectivity index (χ1) is 7.74. The third-order valence-electron chi connectivity index (χ3n) is 2.30. The molecule has 0 spiro atoms. The van der Waals surface area contributed by atoms with E-state index in [4.69, 9.17) is 9.84 Å². The van der Waals surface area contributed by atoms with Crippen LogP contribution >= 0.6 is 0 Å². The van der Waals surface area contributed by atoms with Gasteiger partial charge in [-0.25, -0.2) is 4.39 Å². The van der Waals surface area contributed by atoms with Gasteiger partial charge in [0.05, 0.1) is 19.8 Å². The summed E-state index contributed by atoms with van der Waals surface area (Å²) in [6, 6.07) is 6.60. The average Bonchev–Trinajstić information content (AvgIpc) is 2.29. The van der Waals surface area contributed by atoms with Crippen LogP contribution in [0.2, 0.25) is 0 Å². The van der Waals surface area contributed by atoms with Gasteiger partial charge < -0.3 is 15.2 Å². The van der Waals surface area contributed by atoms with Gasteiger partial charge in [0.1, 0.15) is 5.82 Å². The molecule has 0 saturated heterocycles. The van der Waals surface area contributed by atoms with E-state index in [0.29, 0.717) is 19.8 Å². The number of benzene rings is 1. The molecule has 3 nitrogen and oxygen atoms in total. The highest BCUT2D eigenvalue weighted by Gasteiger charge is 2.03. The lowest BCUT2D eigenvalue weighted by Gasteiger charge is -2.14. The second kappa shape index (κ2) is 7.33. The van der Waals surface area contributed by atoms with Crippen LogP contribution in [0.25, 0.3) is 0 Å². The van der Waals surface area contributed by atoms with E-state index in [2.05, 4.69) is 5.32 Å². The summed E-state index contributed by atoms with van der Waals surface area (Å²) in [7, 11) is 0. The number of halogens is 1. The lowest BCUT2D eigenvalue weighted by atomic mass is 10.1. The van der Waals surface area contributed by atoms with Gasteiger partial charge in [0.25, 0.3) is 0 Å². The van der Waals surface area contributed by atoms with Crippen LogP contribution in [0.3, 0.4) is 0 Å². The van der Waals surface area contributed by atoms with Crippen molar-refractivity contribution < 1.29 is 14.2 Å². The van der Waals surface area contributed by atoms with Gasteiger partial charge in [0.15, 0.2) is 0 Å². The van der Waals surface area contributed by atoms with E-state index >= 15 is 0 Å². The van der Waals surface area contributed by atoms with Crippen molar-refractivity contribution in [2.24, 2.45) is 0 Å². The zero-order chi connectivity index (χ0) is 11.8. The van der Waals surface area contributed by atoms with Gasteiger partial charge in [-0.15, -0.1) is 0 Å².